The number of aryl methyl sites for hydroxylation is 2. The van der Waals surface area contributed by atoms with Crippen molar-refractivity contribution in [2.75, 3.05) is 25.7 Å². The molecular weight excluding hydrogens is 406 g/mol. The van der Waals surface area contributed by atoms with Crippen LogP contribution in [0, 0.1) is 28.4 Å². The first-order valence-electron chi connectivity index (χ1n) is 9.65. The molecule has 1 aromatic carbocycles. The number of amides is 1. The number of rotatable bonds is 8. The van der Waals surface area contributed by atoms with Crippen LogP contribution in [-0.2, 0) is 27.5 Å². The summed E-state index contributed by atoms with van der Waals surface area (Å²) in [7, 11) is 2.83. The Labute approximate surface area is 178 Å². The molecule has 0 spiro atoms. The zero-order chi connectivity index (χ0) is 22.5. The molecule has 0 bridgehead atoms. The van der Waals surface area contributed by atoms with E-state index in [1.165, 1.54) is 29.9 Å². The van der Waals surface area contributed by atoms with E-state index in [-0.39, 0.29) is 24.8 Å². The van der Waals surface area contributed by atoms with E-state index in [4.69, 9.17) is 19.8 Å². The molecule has 1 aliphatic rings. The lowest BCUT2D eigenvalue weighted by molar-refractivity contribution is -0.393. The summed E-state index contributed by atoms with van der Waals surface area (Å²) in [4.78, 5) is 39.2. The number of ether oxygens (including phenoxy) is 1. The number of nitro groups is 1. The van der Waals surface area contributed by atoms with Gasteiger partial charge in [-0.25, -0.2) is 19.3 Å². The van der Waals surface area contributed by atoms with E-state index < -0.39 is 11.0 Å². The van der Waals surface area contributed by atoms with Gasteiger partial charge in [0.15, 0.2) is 11.9 Å². The number of anilines is 1. The maximum Gasteiger partial charge on any atom is 0.342 e. The third-order valence-electron chi connectivity index (χ3n) is 5.22. The van der Waals surface area contributed by atoms with Gasteiger partial charge in [0.25, 0.3) is 0 Å². The average Bonchev–Trinajstić information content (AvgIpc) is 3.04. The molecule has 0 fully saturated rings. The fraction of sp³-hybridized carbons (Fsp3) is 0.450. The van der Waals surface area contributed by atoms with Crippen LogP contribution < -0.4 is 9.64 Å². The second-order valence-corrected chi connectivity index (χ2v) is 7.00. The van der Waals surface area contributed by atoms with Crippen molar-refractivity contribution >= 4 is 17.4 Å². The van der Waals surface area contributed by atoms with Crippen LogP contribution in [0.25, 0.3) is 0 Å². The van der Waals surface area contributed by atoms with Gasteiger partial charge in [0, 0.05) is 25.0 Å². The van der Waals surface area contributed by atoms with Crippen LogP contribution in [0.3, 0.4) is 0 Å². The molecule has 3 rings (SSSR count). The first-order chi connectivity index (χ1) is 14.9. The molecule has 1 aromatic heterocycles. The predicted molar refractivity (Wildman–Crippen MR) is 108 cm³/mol. The van der Waals surface area contributed by atoms with Gasteiger partial charge in [-0.15, -0.1) is 0 Å². The average molecular weight is 429 g/mol. The summed E-state index contributed by atoms with van der Waals surface area (Å²) in [6, 6.07) is 5.58. The molecule has 0 radical (unpaired) electrons. The van der Waals surface area contributed by atoms with Crippen molar-refractivity contribution in [1.29, 1.82) is 5.26 Å². The standard InChI is InChI=1S/C20H23N5O6/c1-13-22-11-19(25(27)28)24(13)12-18(31-30-3)15-9-14-5-4-6-20(26)23(8-7-21)16(14)10-17(15)29-2/h9-11,18H,4-6,8,12H2,1-3H3. The zero-order valence-electron chi connectivity index (χ0n) is 17.5. The van der Waals surface area contributed by atoms with Crippen LogP contribution in [0.4, 0.5) is 11.5 Å². The number of imidazole rings is 1. The van der Waals surface area contributed by atoms with E-state index in [2.05, 4.69) is 4.98 Å². The minimum Gasteiger partial charge on any atom is -0.496 e. The molecule has 0 saturated carbocycles. The van der Waals surface area contributed by atoms with Crippen molar-refractivity contribution in [3.63, 3.8) is 0 Å². The van der Waals surface area contributed by atoms with Gasteiger partial charge < -0.3 is 14.9 Å². The molecule has 1 aliphatic heterocycles. The molecule has 0 N–H and O–H groups in total. The number of carbonyl (C=O) groups excluding carboxylic acids is 1. The van der Waals surface area contributed by atoms with Crippen LogP contribution in [0.5, 0.6) is 5.75 Å². The maximum absolute atomic E-state index is 12.5. The first-order valence-corrected chi connectivity index (χ1v) is 9.65. The summed E-state index contributed by atoms with van der Waals surface area (Å²) < 4.78 is 6.98. The fourth-order valence-corrected chi connectivity index (χ4v) is 3.75. The van der Waals surface area contributed by atoms with E-state index >= 15 is 0 Å². The maximum atomic E-state index is 12.5. The Morgan fingerprint density at radius 2 is 2.13 bits per heavy atom. The number of carbonyl (C=O) groups is 1. The monoisotopic (exact) mass is 429 g/mol. The highest BCUT2D eigenvalue weighted by Gasteiger charge is 2.30. The van der Waals surface area contributed by atoms with Gasteiger partial charge in [-0.05, 0) is 29.4 Å². The van der Waals surface area contributed by atoms with E-state index in [0.717, 1.165) is 5.56 Å². The normalized spacial score (nSPS) is 14.5. The molecule has 0 aliphatic carbocycles. The van der Waals surface area contributed by atoms with Gasteiger partial charge in [-0.2, -0.15) is 5.26 Å². The number of fused-ring (bicyclic) bond motifs is 1. The number of aromatic nitrogens is 2. The van der Waals surface area contributed by atoms with Crippen LogP contribution in [-0.4, -0.2) is 41.1 Å². The van der Waals surface area contributed by atoms with Crippen molar-refractivity contribution in [2.45, 2.75) is 38.8 Å². The lowest BCUT2D eigenvalue weighted by atomic mass is 9.99. The second kappa shape index (κ2) is 9.55. The van der Waals surface area contributed by atoms with Crippen molar-refractivity contribution in [3.05, 3.63) is 45.4 Å². The molecule has 2 aromatic rings. The largest absolute Gasteiger partial charge is 0.496 e. The number of methoxy groups -OCH3 is 1. The Morgan fingerprint density at radius 1 is 1.35 bits per heavy atom. The summed E-state index contributed by atoms with van der Waals surface area (Å²) >= 11 is 0. The van der Waals surface area contributed by atoms with Gasteiger partial charge in [-0.1, -0.05) is 0 Å². The molecule has 11 heteroatoms. The number of nitrogens with zero attached hydrogens (tertiary/aromatic N) is 5. The number of hydrogen-bond acceptors (Lipinski definition) is 8. The van der Waals surface area contributed by atoms with Crippen molar-refractivity contribution in [2.24, 2.45) is 0 Å². The van der Waals surface area contributed by atoms with E-state index in [1.54, 1.807) is 13.0 Å². The van der Waals surface area contributed by atoms with Gasteiger partial charge in [-0.3, -0.25) is 9.69 Å². The number of benzene rings is 1. The molecule has 164 valence electrons. The Hall–Kier alpha value is -3.49. The highest BCUT2D eigenvalue weighted by atomic mass is 17.2. The van der Waals surface area contributed by atoms with Crippen LogP contribution in [0.15, 0.2) is 18.3 Å². The molecular formula is C20H23N5O6. The third kappa shape index (κ3) is 4.50. The molecule has 1 unspecified atom stereocenters. The summed E-state index contributed by atoms with van der Waals surface area (Å²) in [6.45, 7) is 1.66. The van der Waals surface area contributed by atoms with Gasteiger partial charge >= 0.3 is 5.82 Å². The Kier molecular flexibility index (Phi) is 6.84. The minimum absolute atomic E-state index is 0.0615. The highest BCUT2D eigenvalue weighted by molar-refractivity contribution is 5.95. The number of hydrogen-bond donors (Lipinski definition) is 0. The predicted octanol–water partition coefficient (Wildman–Crippen LogP) is 2.62. The lowest BCUT2D eigenvalue weighted by Gasteiger charge is -2.24. The van der Waals surface area contributed by atoms with Gasteiger partial charge in [0.1, 0.15) is 25.0 Å². The Bertz CT molecular complexity index is 1030. The van der Waals surface area contributed by atoms with Crippen LogP contribution in [0.1, 0.15) is 35.9 Å². The second-order valence-electron chi connectivity index (χ2n) is 7.00. The molecule has 31 heavy (non-hydrogen) atoms. The first kappa shape index (κ1) is 22.2. The summed E-state index contributed by atoms with van der Waals surface area (Å²) in [6.07, 6.45) is 2.05. The van der Waals surface area contributed by atoms with E-state index in [0.29, 0.717) is 42.1 Å². The van der Waals surface area contributed by atoms with E-state index in [1.807, 2.05) is 12.1 Å². The Morgan fingerprint density at radius 3 is 2.77 bits per heavy atom. The highest BCUT2D eigenvalue weighted by Crippen LogP contribution is 2.38. The van der Waals surface area contributed by atoms with E-state index in [9.17, 15) is 14.9 Å². The van der Waals surface area contributed by atoms with Crippen molar-refractivity contribution in [3.8, 4) is 11.8 Å². The molecule has 1 atom stereocenters. The van der Waals surface area contributed by atoms with Gasteiger partial charge in [0.05, 0.1) is 26.0 Å². The Balaban J connectivity index is 2.08. The lowest BCUT2D eigenvalue weighted by Crippen LogP contribution is -2.30. The molecule has 11 nitrogen and oxygen atoms in total. The molecule has 0 saturated heterocycles. The summed E-state index contributed by atoms with van der Waals surface area (Å²) in [5.41, 5.74) is 2.08. The quantitative estimate of drug-likeness (QED) is 0.271. The van der Waals surface area contributed by atoms with Crippen molar-refractivity contribution in [1.82, 2.24) is 9.55 Å². The number of nitriles is 1. The molecule has 2 heterocycles. The van der Waals surface area contributed by atoms with Gasteiger partial charge in [0.2, 0.25) is 5.91 Å². The third-order valence-corrected chi connectivity index (χ3v) is 5.22. The van der Waals surface area contributed by atoms with Crippen LogP contribution in [0.2, 0.25) is 0 Å². The summed E-state index contributed by atoms with van der Waals surface area (Å²) in [5, 5.41) is 20.5. The zero-order valence-corrected chi connectivity index (χ0v) is 17.5. The van der Waals surface area contributed by atoms with Crippen LogP contribution >= 0.6 is 0 Å². The fourth-order valence-electron chi connectivity index (χ4n) is 3.75. The smallest absolute Gasteiger partial charge is 0.342 e. The van der Waals surface area contributed by atoms with Crippen molar-refractivity contribution < 1.29 is 24.2 Å². The topological polar surface area (TPSA) is 133 Å². The minimum atomic E-state index is -0.750. The molecule has 1 amide bonds. The SMILES string of the molecule is COOC(Cn1c([N+](=O)[O-])cnc1C)c1cc2c(cc1OC)N(CC#N)C(=O)CCC2. The summed E-state index contributed by atoms with van der Waals surface area (Å²) in [5.74, 6) is 0.584.